The fourth-order valence-electron chi connectivity index (χ4n) is 2.00. The molecule has 0 saturated carbocycles. The normalized spacial score (nSPS) is 19.6. The van der Waals surface area contributed by atoms with Crippen molar-refractivity contribution in [3.05, 3.63) is 0 Å². The van der Waals surface area contributed by atoms with E-state index < -0.39 is 0 Å². The van der Waals surface area contributed by atoms with Gasteiger partial charge in [-0.1, -0.05) is 0 Å². The minimum absolute atomic E-state index is 0.274. The first-order valence-electron chi connectivity index (χ1n) is 6.03. The molecule has 0 amide bonds. The number of aliphatic hydroxyl groups excluding tert-OH is 2. The first kappa shape index (κ1) is 12.9. The van der Waals surface area contributed by atoms with Crippen LogP contribution in [0.25, 0.3) is 0 Å². The van der Waals surface area contributed by atoms with E-state index in [2.05, 4.69) is 9.80 Å². The van der Waals surface area contributed by atoms with Crippen LogP contribution in [0.5, 0.6) is 0 Å². The summed E-state index contributed by atoms with van der Waals surface area (Å²) >= 11 is 0. The Morgan fingerprint density at radius 1 is 0.667 bits per heavy atom. The van der Waals surface area contributed by atoms with Gasteiger partial charge in [0.05, 0.1) is 6.61 Å². The van der Waals surface area contributed by atoms with Crippen molar-refractivity contribution >= 4 is 0 Å². The molecule has 1 rings (SSSR count). The van der Waals surface area contributed by atoms with E-state index >= 15 is 0 Å². The maximum absolute atomic E-state index is 8.81. The fourth-order valence-corrected chi connectivity index (χ4v) is 2.00. The van der Waals surface area contributed by atoms with Crippen molar-refractivity contribution in [2.45, 2.75) is 19.3 Å². The SMILES string of the molecule is OCCCCCN1CCN(CCO)CC1. The van der Waals surface area contributed by atoms with E-state index in [1.165, 1.54) is 6.42 Å². The van der Waals surface area contributed by atoms with Crippen molar-refractivity contribution in [2.24, 2.45) is 0 Å². The second-order valence-electron chi connectivity index (χ2n) is 4.19. The molecule has 1 saturated heterocycles. The Bertz CT molecular complexity index is 145. The molecule has 0 aromatic heterocycles. The Hall–Kier alpha value is -0.160. The van der Waals surface area contributed by atoms with E-state index in [4.69, 9.17) is 10.2 Å². The predicted molar refractivity (Wildman–Crippen MR) is 60.9 cm³/mol. The molecule has 0 aromatic rings. The smallest absolute Gasteiger partial charge is 0.0558 e. The Balaban J connectivity index is 1.99. The van der Waals surface area contributed by atoms with Gasteiger partial charge >= 0.3 is 0 Å². The van der Waals surface area contributed by atoms with Crippen molar-refractivity contribution in [1.29, 1.82) is 0 Å². The quantitative estimate of drug-likeness (QED) is 0.577. The molecule has 1 fully saturated rings. The predicted octanol–water partition coefficient (Wildman–Crippen LogP) is -0.241. The zero-order valence-corrected chi connectivity index (χ0v) is 9.57. The lowest BCUT2D eigenvalue weighted by atomic mass is 10.2. The first-order chi connectivity index (χ1) is 7.36. The van der Waals surface area contributed by atoms with Gasteiger partial charge in [0, 0.05) is 39.3 Å². The molecule has 1 heterocycles. The molecule has 15 heavy (non-hydrogen) atoms. The minimum Gasteiger partial charge on any atom is -0.396 e. The number of hydrogen-bond donors (Lipinski definition) is 2. The van der Waals surface area contributed by atoms with Gasteiger partial charge in [-0.25, -0.2) is 0 Å². The zero-order valence-electron chi connectivity index (χ0n) is 9.57. The van der Waals surface area contributed by atoms with Gasteiger partial charge in [-0.15, -0.1) is 0 Å². The maximum atomic E-state index is 8.81. The maximum Gasteiger partial charge on any atom is 0.0558 e. The van der Waals surface area contributed by atoms with Crippen LogP contribution in [0.1, 0.15) is 19.3 Å². The number of rotatable bonds is 7. The Morgan fingerprint density at radius 3 is 1.80 bits per heavy atom. The Morgan fingerprint density at radius 2 is 1.27 bits per heavy atom. The van der Waals surface area contributed by atoms with Gasteiger partial charge in [-0.3, -0.25) is 4.90 Å². The summed E-state index contributed by atoms with van der Waals surface area (Å²) in [6.45, 7) is 6.99. The molecule has 4 heteroatoms. The summed E-state index contributed by atoms with van der Waals surface area (Å²) in [6, 6.07) is 0. The summed E-state index contributed by atoms with van der Waals surface area (Å²) in [7, 11) is 0. The second-order valence-corrected chi connectivity index (χ2v) is 4.19. The van der Waals surface area contributed by atoms with Gasteiger partial charge in [0.2, 0.25) is 0 Å². The summed E-state index contributed by atoms with van der Waals surface area (Å²) in [6.07, 6.45) is 3.26. The Kier molecular flexibility index (Phi) is 6.92. The molecule has 2 N–H and O–H groups in total. The highest BCUT2D eigenvalue weighted by Crippen LogP contribution is 2.04. The van der Waals surface area contributed by atoms with Gasteiger partial charge in [-0.2, -0.15) is 0 Å². The van der Waals surface area contributed by atoms with E-state index in [0.29, 0.717) is 6.61 Å². The van der Waals surface area contributed by atoms with Crippen LogP contribution < -0.4 is 0 Å². The molecule has 0 radical (unpaired) electrons. The molecule has 0 spiro atoms. The van der Waals surface area contributed by atoms with Crippen LogP contribution in [-0.2, 0) is 0 Å². The molecule has 1 aliphatic rings. The lowest BCUT2D eigenvalue weighted by Gasteiger charge is -2.34. The fraction of sp³-hybridized carbons (Fsp3) is 1.00. The van der Waals surface area contributed by atoms with Crippen LogP contribution in [0, 0.1) is 0 Å². The number of unbranched alkanes of at least 4 members (excludes halogenated alkanes) is 2. The Labute approximate surface area is 92.5 Å². The lowest BCUT2D eigenvalue weighted by Crippen LogP contribution is -2.47. The van der Waals surface area contributed by atoms with Gasteiger partial charge in [0.1, 0.15) is 0 Å². The number of aliphatic hydroxyl groups is 2. The highest BCUT2D eigenvalue weighted by atomic mass is 16.3. The lowest BCUT2D eigenvalue weighted by molar-refractivity contribution is 0.111. The highest BCUT2D eigenvalue weighted by Gasteiger charge is 2.15. The van der Waals surface area contributed by atoms with Crippen molar-refractivity contribution in [3.8, 4) is 0 Å². The molecule has 0 unspecified atom stereocenters. The largest absolute Gasteiger partial charge is 0.396 e. The standard InChI is InChI=1S/C11H24N2O2/c14-10-3-1-2-4-12-5-7-13(8-6-12)9-11-15/h14-15H,1-11H2. The average molecular weight is 216 g/mol. The van der Waals surface area contributed by atoms with Crippen molar-refractivity contribution in [1.82, 2.24) is 9.80 Å². The number of piperazine rings is 1. The molecule has 4 nitrogen and oxygen atoms in total. The van der Waals surface area contributed by atoms with E-state index in [1.54, 1.807) is 0 Å². The third kappa shape index (κ3) is 5.47. The van der Waals surface area contributed by atoms with Gasteiger partial charge < -0.3 is 15.1 Å². The van der Waals surface area contributed by atoms with Gasteiger partial charge in [-0.05, 0) is 25.8 Å². The third-order valence-electron chi connectivity index (χ3n) is 3.01. The highest BCUT2D eigenvalue weighted by molar-refractivity contribution is 4.71. The number of hydrogen-bond acceptors (Lipinski definition) is 4. The van der Waals surface area contributed by atoms with Crippen LogP contribution in [-0.4, -0.2) is 72.5 Å². The summed E-state index contributed by atoms with van der Waals surface area (Å²) in [4.78, 5) is 4.79. The van der Waals surface area contributed by atoms with E-state index in [9.17, 15) is 0 Å². The van der Waals surface area contributed by atoms with Crippen LogP contribution in [0.4, 0.5) is 0 Å². The third-order valence-corrected chi connectivity index (χ3v) is 3.01. The average Bonchev–Trinajstić information content (AvgIpc) is 2.27. The van der Waals surface area contributed by atoms with E-state index in [1.807, 2.05) is 0 Å². The molecule has 1 aliphatic heterocycles. The summed E-state index contributed by atoms with van der Waals surface area (Å²) in [5.41, 5.74) is 0. The van der Waals surface area contributed by atoms with Crippen LogP contribution in [0.3, 0.4) is 0 Å². The molecule has 0 bridgehead atoms. The molecule has 0 aromatic carbocycles. The second kappa shape index (κ2) is 8.05. The van der Waals surface area contributed by atoms with Crippen molar-refractivity contribution < 1.29 is 10.2 Å². The molecule has 90 valence electrons. The minimum atomic E-state index is 0.274. The summed E-state index contributed by atoms with van der Waals surface area (Å²) < 4.78 is 0. The monoisotopic (exact) mass is 216 g/mol. The van der Waals surface area contributed by atoms with E-state index in [-0.39, 0.29) is 6.61 Å². The molecular formula is C11H24N2O2. The van der Waals surface area contributed by atoms with Gasteiger partial charge in [0.25, 0.3) is 0 Å². The van der Waals surface area contributed by atoms with Crippen molar-refractivity contribution in [2.75, 3.05) is 52.5 Å². The zero-order chi connectivity index (χ0) is 10.9. The number of β-amino-alcohol motifs (C(OH)–C–C–N with tert-alkyl or cyclic N) is 1. The molecular weight excluding hydrogens is 192 g/mol. The van der Waals surface area contributed by atoms with Crippen LogP contribution >= 0.6 is 0 Å². The molecule has 0 atom stereocenters. The first-order valence-corrected chi connectivity index (χ1v) is 6.03. The molecule has 0 aliphatic carbocycles. The van der Waals surface area contributed by atoms with Crippen LogP contribution in [0.15, 0.2) is 0 Å². The summed E-state index contributed by atoms with van der Waals surface area (Å²) in [5.74, 6) is 0. The number of nitrogens with zero attached hydrogens (tertiary/aromatic N) is 2. The van der Waals surface area contributed by atoms with Crippen molar-refractivity contribution in [3.63, 3.8) is 0 Å². The van der Waals surface area contributed by atoms with E-state index in [0.717, 1.165) is 52.1 Å². The summed E-state index contributed by atoms with van der Waals surface area (Å²) in [5, 5.41) is 17.5. The van der Waals surface area contributed by atoms with Crippen LogP contribution in [0.2, 0.25) is 0 Å². The topological polar surface area (TPSA) is 46.9 Å². The van der Waals surface area contributed by atoms with Gasteiger partial charge in [0.15, 0.2) is 0 Å².